The van der Waals surface area contributed by atoms with Crippen LogP contribution in [0.2, 0.25) is 0 Å². The Morgan fingerprint density at radius 3 is 2.58 bits per heavy atom. The molecule has 4 nitrogen and oxygen atoms in total. The molecule has 19 heavy (non-hydrogen) atoms. The van der Waals surface area contributed by atoms with Crippen molar-refractivity contribution in [2.75, 3.05) is 33.9 Å². The van der Waals surface area contributed by atoms with E-state index in [9.17, 15) is 4.79 Å². The van der Waals surface area contributed by atoms with Crippen molar-refractivity contribution >= 4 is 18.3 Å². The molecule has 1 aromatic rings. The topological polar surface area (TPSA) is 41.6 Å². The Hall–Kier alpha value is -1.10. The lowest BCUT2D eigenvalue weighted by Gasteiger charge is -2.22. The number of carbonyl (C=O) groups is 1. The van der Waals surface area contributed by atoms with E-state index in [0.717, 1.165) is 5.56 Å². The van der Waals surface area contributed by atoms with Crippen LogP contribution in [0.5, 0.6) is 0 Å². The fraction of sp³-hybridized carbons (Fsp3) is 0.500. The van der Waals surface area contributed by atoms with E-state index in [4.69, 9.17) is 4.74 Å². The first-order chi connectivity index (χ1) is 8.77. The van der Waals surface area contributed by atoms with E-state index in [2.05, 4.69) is 5.32 Å². The molecule has 1 rings (SSSR count). The Bertz CT molecular complexity index is 347. The van der Waals surface area contributed by atoms with Crippen LogP contribution in [0.1, 0.15) is 12.0 Å². The SMILES string of the molecule is CNCCC(=O)N(CCOC)Cc1ccccc1.Cl. The molecule has 0 fully saturated rings. The van der Waals surface area contributed by atoms with Crippen LogP contribution in [0, 0.1) is 0 Å². The summed E-state index contributed by atoms with van der Waals surface area (Å²) in [5, 5.41) is 2.99. The third-order valence-electron chi connectivity index (χ3n) is 2.72. The smallest absolute Gasteiger partial charge is 0.224 e. The lowest BCUT2D eigenvalue weighted by atomic mass is 10.2. The summed E-state index contributed by atoms with van der Waals surface area (Å²) >= 11 is 0. The van der Waals surface area contributed by atoms with Gasteiger partial charge in [0.1, 0.15) is 0 Å². The largest absolute Gasteiger partial charge is 0.383 e. The van der Waals surface area contributed by atoms with Gasteiger partial charge >= 0.3 is 0 Å². The second-order valence-electron chi connectivity index (χ2n) is 4.15. The number of halogens is 1. The molecule has 108 valence electrons. The van der Waals surface area contributed by atoms with E-state index in [1.54, 1.807) is 7.11 Å². The molecule has 1 amide bonds. The zero-order chi connectivity index (χ0) is 13.2. The third-order valence-corrected chi connectivity index (χ3v) is 2.72. The van der Waals surface area contributed by atoms with Crippen molar-refractivity contribution in [3.63, 3.8) is 0 Å². The molecule has 5 heteroatoms. The fourth-order valence-corrected chi connectivity index (χ4v) is 1.69. The predicted molar refractivity (Wildman–Crippen MR) is 79.5 cm³/mol. The molecule has 0 heterocycles. The molecular formula is C14H23ClN2O2. The predicted octanol–water partition coefficient (Wildman–Crippen LogP) is 1.69. The van der Waals surface area contributed by atoms with Gasteiger partial charge in [-0.15, -0.1) is 12.4 Å². The molecule has 0 atom stereocenters. The van der Waals surface area contributed by atoms with Gasteiger partial charge in [-0.3, -0.25) is 4.79 Å². The number of methoxy groups -OCH3 is 1. The molecule has 0 saturated carbocycles. The average Bonchev–Trinajstić information content (AvgIpc) is 2.42. The van der Waals surface area contributed by atoms with Gasteiger partial charge in [0.05, 0.1) is 6.61 Å². The highest BCUT2D eigenvalue weighted by molar-refractivity contribution is 5.85. The number of hydrogen-bond acceptors (Lipinski definition) is 3. The zero-order valence-electron chi connectivity index (χ0n) is 11.6. The lowest BCUT2D eigenvalue weighted by molar-refractivity contribution is -0.132. The van der Waals surface area contributed by atoms with Gasteiger partial charge in [-0.25, -0.2) is 0 Å². The maximum Gasteiger partial charge on any atom is 0.224 e. The fourth-order valence-electron chi connectivity index (χ4n) is 1.69. The van der Waals surface area contributed by atoms with Crippen LogP contribution in [0.15, 0.2) is 30.3 Å². The number of amides is 1. The summed E-state index contributed by atoms with van der Waals surface area (Å²) in [6.07, 6.45) is 0.521. The van der Waals surface area contributed by atoms with Gasteiger partial charge in [-0.05, 0) is 12.6 Å². The summed E-state index contributed by atoms with van der Waals surface area (Å²) in [6.45, 7) is 2.55. The summed E-state index contributed by atoms with van der Waals surface area (Å²) in [7, 11) is 3.50. The number of carbonyl (C=O) groups excluding carboxylic acids is 1. The highest BCUT2D eigenvalue weighted by atomic mass is 35.5. The summed E-state index contributed by atoms with van der Waals surface area (Å²) in [5.41, 5.74) is 1.14. The first-order valence-corrected chi connectivity index (χ1v) is 6.23. The summed E-state index contributed by atoms with van der Waals surface area (Å²) < 4.78 is 5.06. The summed E-state index contributed by atoms with van der Waals surface area (Å²) in [5.74, 6) is 0.158. The monoisotopic (exact) mass is 286 g/mol. The number of hydrogen-bond donors (Lipinski definition) is 1. The molecule has 1 N–H and O–H groups in total. The number of rotatable bonds is 8. The highest BCUT2D eigenvalue weighted by Crippen LogP contribution is 2.05. The Balaban J connectivity index is 0.00000324. The average molecular weight is 287 g/mol. The lowest BCUT2D eigenvalue weighted by Crippen LogP contribution is -2.34. The minimum atomic E-state index is 0. The van der Waals surface area contributed by atoms with Crippen LogP contribution in [-0.4, -0.2) is 44.7 Å². The molecule has 0 aliphatic heterocycles. The van der Waals surface area contributed by atoms with E-state index in [0.29, 0.717) is 32.7 Å². The highest BCUT2D eigenvalue weighted by Gasteiger charge is 2.12. The van der Waals surface area contributed by atoms with E-state index < -0.39 is 0 Å². The second kappa shape index (κ2) is 10.8. The van der Waals surface area contributed by atoms with E-state index in [1.165, 1.54) is 0 Å². The Morgan fingerprint density at radius 1 is 1.32 bits per heavy atom. The molecule has 0 spiro atoms. The van der Waals surface area contributed by atoms with Gasteiger partial charge in [0.15, 0.2) is 0 Å². The first-order valence-electron chi connectivity index (χ1n) is 6.23. The van der Waals surface area contributed by atoms with Crippen LogP contribution >= 0.6 is 12.4 Å². The van der Waals surface area contributed by atoms with Gasteiger partial charge in [-0.1, -0.05) is 30.3 Å². The standard InChI is InChI=1S/C14H22N2O2.ClH/c1-15-9-8-14(17)16(10-11-18-2)12-13-6-4-3-5-7-13;/h3-7,15H,8-12H2,1-2H3;1H. The third kappa shape index (κ3) is 7.15. The molecule has 0 aromatic heterocycles. The molecule has 0 aliphatic rings. The Kier molecular flexibility index (Phi) is 10.2. The van der Waals surface area contributed by atoms with E-state index >= 15 is 0 Å². The van der Waals surface area contributed by atoms with Crippen molar-refractivity contribution in [1.82, 2.24) is 10.2 Å². The van der Waals surface area contributed by atoms with Gasteiger partial charge in [-0.2, -0.15) is 0 Å². The van der Waals surface area contributed by atoms with Crippen molar-refractivity contribution < 1.29 is 9.53 Å². The van der Waals surface area contributed by atoms with Crippen molar-refractivity contribution in [2.24, 2.45) is 0 Å². The minimum absolute atomic E-state index is 0. The maximum absolute atomic E-state index is 12.0. The van der Waals surface area contributed by atoms with Crippen LogP contribution in [0.4, 0.5) is 0 Å². The summed E-state index contributed by atoms with van der Waals surface area (Å²) in [6, 6.07) is 10.0. The van der Waals surface area contributed by atoms with Crippen LogP contribution in [0.25, 0.3) is 0 Å². The van der Waals surface area contributed by atoms with Crippen LogP contribution in [0.3, 0.4) is 0 Å². The number of ether oxygens (including phenoxy) is 1. The van der Waals surface area contributed by atoms with E-state index in [1.807, 2.05) is 42.3 Å². The van der Waals surface area contributed by atoms with Crippen molar-refractivity contribution in [1.29, 1.82) is 0 Å². The molecule has 1 aromatic carbocycles. The van der Waals surface area contributed by atoms with Crippen molar-refractivity contribution in [3.05, 3.63) is 35.9 Å². The molecular weight excluding hydrogens is 264 g/mol. The number of nitrogens with one attached hydrogen (secondary N) is 1. The molecule has 0 saturated heterocycles. The Morgan fingerprint density at radius 2 is 2.00 bits per heavy atom. The zero-order valence-corrected chi connectivity index (χ0v) is 12.4. The van der Waals surface area contributed by atoms with Crippen molar-refractivity contribution in [3.8, 4) is 0 Å². The first kappa shape index (κ1) is 17.9. The number of benzene rings is 1. The van der Waals surface area contributed by atoms with Gasteiger partial charge in [0, 0.05) is 33.2 Å². The van der Waals surface area contributed by atoms with Crippen LogP contribution in [-0.2, 0) is 16.1 Å². The van der Waals surface area contributed by atoms with Gasteiger partial charge < -0.3 is 15.0 Å². The molecule has 0 bridgehead atoms. The molecule has 0 unspecified atom stereocenters. The minimum Gasteiger partial charge on any atom is -0.383 e. The maximum atomic E-state index is 12.0. The molecule has 0 aliphatic carbocycles. The normalized spacial score (nSPS) is 9.79. The quantitative estimate of drug-likeness (QED) is 0.791. The van der Waals surface area contributed by atoms with E-state index in [-0.39, 0.29) is 18.3 Å². The van der Waals surface area contributed by atoms with Gasteiger partial charge in [0.25, 0.3) is 0 Å². The summed E-state index contributed by atoms with van der Waals surface area (Å²) in [4.78, 5) is 13.9. The molecule has 0 radical (unpaired) electrons. The second-order valence-corrected chi connectivity index (χ2v) is 4.15. The van der Waals surface area contributed by atoms with Crippen molar-refractivity contribution in [2.45, 2.75) is 13.0 Å². The van der Waals surface area contributed by atoms with Crippen LogP contribution < -0.4 is 5.32 Å². The Labute approximate surface area is 121 Å². The van der Waals surface area contributed by atoms with Gasteiger partial charge in [0.2, 0.25) is 5.91 Å². The number of nitrogens with zero attached hydrogens (tertiary/aromatic N) is 1.